The molecule has 28 heavy (non-hydrogen) atoms. The third-order valence-corrected chi connectivity index (χ3v) is 6.18. The highest BCUT2D eigenvalue weighted by molar-refractivity contribution is 9.10. The second kappa shape index (κ2) is 7.16. The minimum absolute atomic E-state index is 0.145. The van der Waals surface area contributed by atoms with Gasteiger partial charge in [-0.25, -0.2) is 4.79 Å². The van der Waals surface area contributed by atoms with Gasteiger partial charge < -0.3 is 4.74 Å². The molecule has 7 nitrogen and oxygen atoms in total. The molecule has 146 valence electrons. The number of carbonyl (C=O) groups is 4. The number of benzene rings is 1. The molecule has 3 fully saturated rings. The van der Waals surface area contributed by atoms with Crippen LogP contribution in [0.15, 0.2) is 28.2 Å². The average Bonchev–Trinajstić information content (AvgIpc) is 3.23. The van der Waals surface area contributed by atoms with E-state index in [1.54, 1.807) is 18.2 Å². The number of hydrogen-bond acceptors (Lipinski definition) is 5. The summed E-state index contributed by atoms with van der Waals surface area (Å²) in [7, 11) is 0. The predicted octanol–water partition coefficient (Wildman–Crippen LogP) is 3.02. The summed E-state index contributed by atoms with van der Waals surface area (Å²) in [4.78, 5) is 50.5. The van der Waals surface area contributed by atoms with Crippen LogP contribution in [-0.2, 0) is 14.4 Å². The molecule has 1 N–H and O–H groups in total. The summed E-state index contributed by atoms with van der Waals surface area (Å²) in [6.45, 7) is 1.27. The number of esters is 1. The van der Waals surface area contributed by atoms with Gasteiger partial charge in [0.2, 0.25) is 0 Å². The van der Waals surface area contributed by atoms with Gasteiger partial charge in [0.15, 0.2) is 0 Å². The fourth-order valence-electron chi connectivity index (χ4n) is 4.54. The number of amides is 4. The molecule has 3 atom stereocenters. The van der Waals surface area contributed by atoms with Crippen molar-refractivity contribution in [3.8, 4) is 5.75 Å². The van der Waals surface area contributed by atoms with Gasteiger partial charge in [-0.15, -0.1) is 0 Å². The number of imide groups is 2. The van der Waals surface area contributed by atoms with Crippen LogP contribution in [0.2, 0.25) is 0 Å². The fraction of sp³-hybridized carbons (Fsp3) is 0.400. The molecule has 1 aromatic carbocycles. The van der Waals surface area contributed by atoms with Gasteiger partial charge in [-0.1, -0.05) is 22.4 Å². The van der Waals surface area contributed by atoms with Crippen molar-refractivity contribution in [3.05, 3.63) is 33.8 Å². The third kappa shape index (κ3) is 3.37. The van der Waals surface area contributed by atoms with E-state index in [1.807, 2.05) is 0 Å². The SMILES string of the molecule is CC(=O)Oc1ccc(Br)cc1/C=C1/C(=O)NC(=O)N([C@H]2C[C@H]3CC[C@H]2C3)C1=O. The van der Waals surface area contributed by atoms with Crippen molar-refractivity contribution in [1.82, 2.24) is 10.2 Å². The van der Waals surface area contributed by atoms with Crippen LogP contribution in [-0.4, -0.2) is 34.8 Å². The Bertz CT molecular complexity index is 925. The average molecular weight is 447 g/mol. The molecule has 1 heterocycles. The van der Waals surface area contributed by atoms with E-state index in [4.69, 9.17) is 4.74 Å². The van der Waals surface area contributed by atoms with Crippen molar-refractivity contribution in [2.75, 3.05) is 0 Å². The molecule has 0 aromatic heterocycles. The van der Waals surface area contributed by atoms with Crippen molar-refractivity contribution in [2.45, 2.75) is 38.6 Å². The lowest BCUT2D eigenvalue weighted by Crippen LogP contribution is -2.58. The first kappa shape index (κ1) is 18.9. The molecule has 8 heteroatoms. The predicted molar refractivity (Wildman–Crippen MR) is 103 cm³/mol. The number of urea groups is 1. The zero-order valence-corrected chi connectivity index (χ0v) is 16.8. The number of nitrogens with zero attached hydrogens (tertiary/aromatic N) is 1. The Morgan fingerprint density at radius 2 is 2.04 bits per heavy atom. The highest BCUT2D eigenvalue weighted by Gasteiger charge is 2.49. The van der Waals surface area contributed by atoms with Gasteiger partial charge in [-0.3, -0.25) is 24.6 Å². The maximum Gasteiger partial charge on any atom is 0.331 e. The molecule has 1 saturated heterocycles. The molecule has 1 aliphatic heterocycles. The fourth-order valence-corrected chi connectivity index (χ4v) is 4.91. The molecule has 3 aliphatic rings. The molecule has 2 bridgehead atoms. The van der Waals surface area contributed by atoms with Crippen molar-refractivity contribution in [1.29, 1.82) is 0 Å². The van der Waals surface area contributed by atoms with Crippen LogP contribution < -0.4 is 10.1 Å². The molecule has 0 radical (unpaired) electrons. The van der Waals surface area contributed by atoms with Gasteiger partial charge in [-0.2, -0.15) is 0 Å². The molecule has 2 saturated carbocycles. The van der Waals surface area contributed by atoms with E-state index >= 15 is 0 Å². The van der Waals surface area contributed by atoms with E-state index in [-0.39, 0.29) is 17.4 Å². The third-order valence-electron chi connectivity index (χ3n) is 5.69. The van der Waals surface area contributed by atoms with E-state index in [9.17, 15) is 19.2 Å². The molecular formula is C20H19BrN2O5. The second-order valence-electron chi connectivity index (χ2n) is 7.51. The monoisotopic (exact) mass is 446 g/mol. The van der Waals surface area contributed by atoms with E-state index in [1.165, 1.54) is 17.9 Å². The largest absolute Gasteiger partial charge is 0.426 e. The van der Waals surface area contributed by atoms with Gasteiger partial charge in [0.05, 0.1) is 0 Å². The lowest BCUT2D eigenvalue weighted by Gasteiger charge is -2.35. The Kier molecular flexibility index (Phi) is 4.82. The van der Waals surface area contributed by atoms with Gasteiger partial charge >= 0.3 is 12.0 Å². The molecule has 0 unspecified atom stereocenters. The number of ether oxygens (including phenoxy) is 1. The van der Waals surface area contributed by atoms with Crippen molar-refractivity contribution in [2.24, 2.45) is 11.8 Å². The van der Waals surface area contributed by atoms with E-state index < -0.39 is 23.8 Å². The van der Waals surface area contributed by atoms with Crippen LogP contribution in [0.1, 0.15) is 38.2 Å². The Hall–Kier alpha value is -2.48. The van der Waals surface area contributed by atoms with Crippen LogP contribution in [0.5, 0.6) is 5.75 Å². The zero-order chi connectivity index (χ0) is 20.0. The van der Waals surface area contributed by atoms with E-state index in [2.05, 4.69) is 21.2 Å². The molecule has 1 aromatic rings. The molecule has 4 rings (SSSR count). The summed E-state index contributed by atoms with van der Waals surface area (Å²) in [5.41, 5.74) is 0.249. The number of fused-ring (bicyclic) bond motifs is 2. The normalized spacial score (nSPS) is 28.1. The number of barbiturate groups is 1. The topological polar surface area (TPSA) is 92.8 Å². The van der Waals surface area contributed by atoms with Gasteiger partial charge in [0.1, 0.15) is 11.3 Å². The summed E-state index contributed by atoms with van der Waals surface area (Å²) in [5.74, 6) is -0.784. The first-order chi connectivity index (χ1) is 13.3. The van der Waals surface area contributed by atoms with Gasteiger partial charge in [-0.05, 0) is 55.4 Å². The lowest BCUT2D eigenvalue weighted by atomic mass is 9.93. The minimum Gasteiger partial charge on any atom is -0.426 e. The highest BCUT2D eigenvalue weighted by atomic mass is 79.9. The zero-order valence-electron chi connectivity index (χ0n) is 15.2. The van der Waals surface area contributed by atoms with E-state index in [0.29, 0.717) is 21.9 Å². The lowest BCUT2D eigenvalue weighted by molar-refractivity contribution is -0.133. The molecular weight excluding hydrogens is 428 g/mol. The Morgan fingerprint density at radius 3 is 2.68 bits per heavy atom. The summed E-state index contributed by atoms with van der Waals surface area (Å²) in [6.07, 6.45) is 5.32. The molecule has 2 aliphatic carbocycles. The first-order valence-electron chi connectivity index (χ1n) is 9.22. The number of rotatable bonds is 3. The van der Waals surface area contributed by atoms with Gasteiger partial charge in [0.25, 0.3) is 11.8 Å². The first-order valence-corrected chi connectivity index (χ1v) is 10.0. The number of hydrogen-bond donors (Lipinski definition) is 1. The summed E-state index contributed by atoms with van der Waals surface area (Å²) in [6, 6.07) is 4.08. The summed E-state index contributed by atoms with van der Waals surface area (Å²) >= 11 is 3.34. The number of halogens is 1. The number of nitrogens with one attached hydrogen (secondary N) is 1. The van der Waals surface area contributed by atoms with Crippen LogP contribution in [0.4, 0.5) is 4.79 Å². The Balaban J connectivity index is 1.70. The molecule has 4 amide bonds. The standard InChI is InChI=1S/C20H19BrN2O5/c1-10(24)28-17-5-4-14(21)8-13(17)9-15-18(25)22-20(27)23(19(15)26)16-7-11-2-3-12(16)6-11/h4-5,8-9,11-12,16H,2-3,6-7H2,1H3,(H,22,25,27)/b15-9-/t11-,12-,16-/m0/s1. The van der Waals surface area contributed by atoms with Crippen LogP contribution >= 0.6 is 15.9 Å². The van der Waals surface area contributed by atoms with Crippen LogP contribution in [0.3, 0.4) is 0 Å². The minimum atomic E-state index is -0.747. The van der Waals surface area contributed by atoms with Crippen LogP contribution in [0.25, 0.3) is 6.08 Å². The summed E-state index contributed by atoms with van der Waals surface area (Å²) < 4.78 is 5.87. The van der Waals surface area contributed by atoms with Crippen molar-refractivity contribution in [3.63, 3.8) is 0 Å². The van der Waals surface area contributed by atoms with Crippen LogP contribution in [0, 0.1) is 11.8 Å². The van der Waals surface area contributed by atoms with Crippen molar-refractivity contribution >= 4 is 45.8 Å². The smallest absolute Gasteiger partial charge is 0.331 e. The quantitative estimate of drug-likeness (QED) is 0.333. The highest BCUT2D eigenvalue weighted by Crippen LogP contribution is 2.47. The Labute approximate surface area is 170 Å². The maximum absolute atomic E-state index is 13.1. The second-order valence-corrected chi connectivity index (χ2v) is 8.43. The van der Waals surface area contributed by atoms with E-state index in [0.717, 1.165) is 25.7 Å². The maximum atomic E-state index is 13.1. The molecule has 0 spiro atoms. The van der Waals surface area contributed by atoms with Gasteiger partial charge in [0, 0.05) is 23.0 Å². The Morgan fingerprint density at radius 1 is 1.25 bits per heavy atom. The summed E-state index contributed by atoms with van der Waals surface area (Å²) in [5, 5.41) is 2.28. The number of carbonyl (C=O) groups excluding carboxylic acids is 4. The van der Waals surface area contributed by atoms with Crippen molar-refractivity contribution < 1.29 is 23.9 Å².